The summed E-state index contributed by atoms with van der Waals surface area (Å²) in [5.74, 6) is 0. The maximum Gasteiger partial charge on any atom is 0.104 e. The monoisotopic (exact) mass is 347 g/mol. The van der Waals surface area contributed by atoms with Crippen molar-refractivity contribution in [1.82, 2.24) is 0 Å². The van der Waals surface area contributed by atoms with Gasteiger partial charge in [0.05, 0.1) is 27.2 Å². The fraction of sp³-hybridized carbons (Fsp3) is 0.600. The Kier molecular flexibility index (Phi) is 9.33. The topological polar surface area (TPSA) is 104 Å². The summed E-state index contributed by atoms with van der Waals surface area (Å²) in [7, 11) is -0.822. The van der Waals surface area contributed by atoms with Crippen LogP contribution >= 0.6 is 0 Å². The number of anilines is 1. The van der Waals surface area contributed by atoms with Crippen LogP contribution in [-0.2, 0) is 10.4 Å². The zero-order chi connectivity index (χ0) is 18.1. The van der Waals surface area contributed by atoms with Crippen LogP contribution in [0.25, 0.3) is 0 Å². The van der Waals surface area contributed by atoms with Crippen LogP contribution in [-0.4, -0.2) is 73.5 Å². The molecule has 7 nitrogen and oxygen atoms in total. The van der Waals surface area contributed by atoms with Crippen molar-refractivity contribution < 1.29 is 27.1 Å². The summed E-state index contributed by atoms with van der Waals surface area (Å²) >= 11 is 0. The third-order valence-electron chi connectivity index (χ3n) is 3.24. The van der Waals surface area contributed by atoms with Crippen molar-refractivity contribution in [3.8, 4) is 0 Å². The van der Waals surface area contributed by atoms with Crippen LogP contribution in [0.1, 0.15) is 13.8 Å². The zero-order valence-corrected chi connectivity index (χ0v) is 15.0. The minimum atomic E-state index is -5.17. The largest absolute Gasteiger partial charge is 0.759 e. The van der Waals surface area contributed by atoms with Crippen LogP contribution in [0.3, 0.4) is 0 Å². The number of hydrogen-bond donors (Lipinski definition) is 1. The molecule has 1 atom stereocenters. The van der Waals surface area contributed by atoms with Gasteiger partial charge in [0.1, 0.15) is 12.6 Å². The highest BCUT2D eigenvalue weighted by Gasteiger charge is 2.19. The van der Waals surface area contributed by atoms with E-state index in [0.29, 0.717) is 0 Å². The van der Waals surface area contributed by atoms with E-state index in [1.165, 1.54) is 5.69 Å². The van der Waals surface area contributed by atoms with E-state index in [4.69, 9.17) is 17.5 Å². The summed E-state index contributed by atoms with van der Waals surface area (Å²) < 4.78 is 34.9. The summed E-state index contributed by atoms with van der Waals surface area (Å²) in [4.78, 5) is 2.38. The lowest BCUT2D eigenvalue weighted by Crippen LogP contribution is -2.49. The Morgan fingerprint density at radius 1 is 1.22 bits per heavy atom. The Morgan fingerprint density at radius 2 is 1.70 bits per heavy atom. The molecule has 8 heteroatoms. The van der Waals surface area contributed by atoms with Gasteiger partial charge in [-0.15, -0.1) is 0 Å². The molecule has 0 saturated carbocycles. The number of aliphatic hydroxyl groups is 1. The first kappa shape index (κ1) is 21.8. The number of aliphatic hydroxyl groups excluding tert-OH is 1. The third-order valence-corrected chi connectivity index (χ3v) is 3.24. The average Bonchev–Trinajstić information content (AvgIpc) is 2.37. The van der Waals surface area contributed by atoms with Crippen molar-refractivity contribution in [3.05, 3.63) is 30.3 Å². The van der Waals surface area contributed by atoms with E-state index in [1.807, 2.05) is 13.0 Å². The van der Waals surface area contributed by atoms with Crippen LogP contribution < -0.4 is 4.90 Å². The minimum absolute atomic E-state index is 0.244. The predicted molar refractivity (Wildman–Crippen MR) is 88.3 cm³/mol. The lowest BCUT2D eigenvalue weighted by molar-refractivity contribution is -0.891. The van der Waals surface area contributed by atoms with E-state index in [0.717, 1.165) is 30.7 Å². The normalized spacial score (nSPS) is 13.0. The van der Waals surface area contributed by atoms with E-state index in [9.17, 15) is 5.11 Å². The molecule has 0 bridgehead atoms. The summed E-state index contributed by atoms with van der Waals surface area (Å²) in [6.45, 7) is 7.90. The molecule has 134 valence electrons. The Hall–Kier alpha value is -1.19. The van der Waals surface area contributed by atoms with Crippen molar-refractivity contribution in [2.24, 2.45) is 0 Å². The molecule has 1 rings (SSSR count). The number of benzene rings is 1. The fourth-order valence-corrected chi connectivity index (χ4v) is 2.31. The molecule has 1 aromatic carbocycles. The van der Waals surface area contributed by atoms with Crippen LogP contribution in [0.15, 0.2) is 30.3 Å². The van der Waals surface area contributed by atoms with Gasteiger partial charge >= 0.3 is 0 Å². The van der Waals surface area contributed by atoms with Gasteiger partial charge in [-0.3, -0.25) is 8.42 Å². The van der Waals surface area contributed by atoms with Crippen LogP contribution in [0.4, 0.5) is 5.69 Å². The second-order valence-electron chi connectivity index (χ2n) is 6.01. The van der Waals surface area contributed by atoms with Gasteiger partial charge in [-0.2, -0.15) is 0 Å². The molecule has 0 aliphatic rings. The summed E-state index contributed by atoms with van der Waals surface area (Å²) in [6.07, 6.45) is -0.244. The maximum absolute atomic E-state index is 9.50. The molecule has 23 heavy (non-hydrogen) atoms. The molecule has 0 aliphatic heterocycles. The molecule has 0 amide bonds. The molecule has 1 unspecified atom stereocenters. The Labute approximate surface area is 139 Å². The molecule has 0 aromatic heterocycles. The van der Waals surface area contributed by atoms with E-state index in [-0.39, 0.29) is 6.10 Å². The predicted octanol–water partition coefficient (Wildman–Crippen LogP) is 0.632. The number of hydrogen-bond acceptors (Lipinski definition) is 6. The Bertz CT molecular complexity index is 524. The molecule has 0 spiro atoms. The third kappa shape index (κ3) is 13.0. The number of quaternary nitrogens is 1. The van der Waals surface area contributed by atoms with Crippen LogP contribution in [0.2, 0.25) is 0 Å². The van der Waals surface area contributed by atoms with Crippen molar-refractivity contribution in [2.75, 3.05) is 45.2 Å². The highest BCUT2D eigenvalue weighted by molar-refractivity contribution is 7.79. The smallest absolute Gasteiger partial charge is 0.104 e. The summed E-state index contributed by atoms with van der Waals surface area (Å²) in [5, 5.41) is 9.50. The molecule has 1 aromatic rings. The second kappa shape index (κ2) is 9.84. The first-order valence-electron chi connectivity index (χ1n) is 7.41. The number of rotatable bonds is 7. The number of likely N-dealkylation sites (N-methyl/N-ethyl adjacent to an activating group) is 2. The lowest BCUT2D eigenvalue weighted by atomic mass is 10.2. The van der Waals surface area contributed by atoms with Gasteiger partial charge < -0.3 is 23.6 Å². The molecule has 0 fully saturated rings. The summed E-state index contributed by atoms with van der Waals surface area (Å²) in [6, 6.07) is 10.5. The maximum atomic E-state index is 9.50. The molecule has 0 radical (unpaired) electrons. The first-order chi connectivity index (χ1) is 10.4. The Balaban J connectivity index is 0.000000841. The molecule has 0 saturated heterocycles. The molecular formula is C15H27N2O5S-. The zero-order valence-electron chi connectivity index (χ0n) is 14.2. The van der Waals surface area contributed by atoms with Crippen molar-refractivity contribution in [1.29, 1.82) is 0 Å². The standard InChI is InChI=1S/C15H27N2O.H2O4S/c1-5-16(15-9-7-6-8-10-15)11-12-17(3,4)13-14(2)18;1-5(2,3)4/h6-10,14,18H,5,11-13H2,1-4H3;(H2,1,2,3,4)/q+1;/p-2. The number of nitrogens with zero attached hydrogens (tertiary/aromatic N) is 2. The van der Waals surface area contributed by atoms with Crippen LogP contribution in [0, 0.1) is 0 Å². The minimum Gasteiger partial charge on any atom is -0.759 e. The van der Waals surface area contributed by atoms with Crippen molar-refractivity contribution >= 4 is 16.1 Å². The van der Waals surface area contributed by atoms with E-state index in [2.05, 4.69) is 50.2 Å². The lowest BCUT2D eigenvalue weighted by Gasteiger charge is -2.34. The van der Waals surface area contributed by atoms with Gasteiger partial charge in [-0.05, 0) is 26.0 Å². The van der Waals surface area contributed by atoms with Gasteiger partial charge in [-0.25, -0.2) is 0 Å². The highest BCUT2D eigenvalue weighted by atomic mass is 32.3. The van der Waals surface area contributed by atoms with E-state index >= 15 is 0 Å². The molecule has 0 heterocycles. The SMILES string of the molecule is CCN(CC[N+](C)(C)CC(C)O)c1ccccc1.O=S(=O)([O-])[O-]. The quantitative estimate of drug-likeness (QED) is 0.441. The second-order valence-corrected chi connectivity index (χ2v) is 6.83. The average molecular weight is 347 g/mol. The van der Waals surface area contributed by atoms with E-state index < -0.39 is 10.4 Å². The highest BCUT2D eigenvalue weighted by Crippen LogP contribution is 2.13. The number of para-hydroxylation sites is 1. The van der Waals surface area contributed by atoms with Crippen molar-refractivity contribution in [3.63, 3.8) is 0 Å². The van der Waals surface area contributed by atoms with Gasteiger partial charge in [0.15, 0.2) is 0 Å². The molecular weight excluding hydrogens is 320 g/mol. The molecule has 0 aliphatic carbocycles. The van der Waals surface area contributed by atoms with Gasteiger partial charge in [0.2, 0.25) is 0 Å². The van der Waals surface area contributed by atoms with Crippen molar-refractivity contribution in [2.45, 2.75) is 20.0 Å². The van der Waals surface area contributed by atoms with Gasteiger partial charge in [0.25, 0.3) is 0 Å². The summed E-state index contributed by atoms with van der Waals surface area (Å²) in [5.41, 5.74) is 1.28. The van der Waals surface area contributed by atoms with Gasteiger partial charge in [-0.1, -0.05) is 18.2 Å². The first-order valence-corrected chi connectivity index (χ1v) is 8.74. The molecule has 1 N–H and O–H groups in total. The van der Waals surface area contributed by atoms with Gasteiger partial charge in [0, 0.05) is 22.6 Å². The van der Waals surface area contributed by atoms with Crippen LogP contribution in [0.5, 0.6) is 0 Å². The fourth-order valence-electron chi connectivity index (χ4n) is 2.31. The Morgan fingerprint density at radius 3 is 2.09 bits per heavy atom. The van der Waals surface area contributed by atoms with E-state index in [1.54, 1.807) is 0 Å².